The molecule has 3 heterocycles. The Morgan fingerprint density at radius 2 is 1.93 bits per heavy atom. The van der Waals surface area contributed by atoms with Crippen molar-refractivity contribution in [1.82, 2.24) is 15.1 Å². The molecule has 27 heavy (non-hydrogen) atoms. The van der Waals surface area contributed by atoms with Gasteiger partial charge in [-0.15, -0.1) is 0 Å². The van der Waals surface area contributed by atoms with E-state index in [4.69, 9.17) is 4.52 Å². The minimum atomic E-state index is 0.875. The van der Waals surface area contributed by atoms with Crippen LogP contribution >= 0.6 is 0 Å². The van der Waals surface area contributed by atoms with Crippen molar-refractivity contribution >= 4 is 16.7 Å². The molecule has 0 atom stereocenters. The van der Waals surface area contributed by atoms with Gasteiger partial charge < -0.3 is 9.42 Å². The molecule has 0 unspecified atom stereocenters. The molecule has 5 nitrogen and oxygen atoms in total. The van der Waals surface area contributed by atoms with E-state index in [1.165, 1.54) is 16.7 Å². The van der Waals surface area contributed by atoms with E-state index < -0.39 is 0 Å². The number of anilines is 1. The smallest absolute Gasteiger partial charge is 0.140 e. The Morgan fingerprint density at radius 1 is 1.00 bits per heavy atom. The van der Waals surface area contributed by atoms with E-state index in [-0.39, 0.29) is 0 Å². The van der Waals surface area contributed by atoms with Gasteiger partial charge in [0.1, 0.15) is 18.4 Å². The summed E-state index contributed by atoms with van der Waals surface area (Å²) in [6.45, 7) is 6.07. The molecule has 0 bridgehead atoms. The zero-order valence-electron chi connectivity index (χ0n) is 15.4. The van der Waals surface area contributed by atoms with Crippen molar-refractivity contribution in [3.63, 3.8) is 0 Å². The van der Waals surface area contributed by atoms with E-state index in [2.05, 4.69) is 64.2 Å². The maximum Gasteiger partial charge on any atom is 0.140 e. The summed E-state index contributed by atoms with van der Waals surface area (Å²) < 4.78 is 5.03. The van der Waals surface area contributed by atoms with Crippen molar-refractivity contribution in [2.75, 3.05) is 11.4 Å². The highest BCUT2D eigenvalue weighted by atomic mass is 16.5. The van der Waals surface area contributed by atoms with Crippen LogP contribution in [0.15, 0.2) is 53.6 Å². The lowest BCUT2D eigenvalue weighted by molar-refractivity contribution is 0.420. The lowest BCUT2D eigenvalue weighted by atomic mass is 9.97. The number of fused-ring (bicyclic) bond motifs is 2. The van der Waals surface area contributed by atoms with Gasteiger partial charge in [0.05, 0.1) is 11.7 Å². The number of benzene rings is 2. The van der Waals surface area contributed by atoms with Crippen LogP contribution in [0.5, 0.6) is 0 Å². The minimum Gasteiger partial charge on any atom is -0.364 e. The van der Waals surface area contributed by atoms with Gasteiger partial charge in [-0.25, -0.2) is 9.97 Å². The second-order valence-corrected chi connectivity index (χ2v) is 7.24. The fourth-order valence-electron chi connectivity index (χ4n) is 3.96. The first-order valence-electron chi connectivity index (χ1n) is 9.17. The summed E-state index contributed by atoms with van der Waals surface area (Å²) in [6.07, 6.45) is 6.12. The van der Waals surface area contributed by atoms with Crippen LogP contribution in [-0.4, -0.2) is 21.7 Å². The van der Waals surface area contributed by atoms with E-state index in [0.717, 1.165) is 52.9 Å². The standard InChI is InChI=1S/C22H20N4O/c1-14-3-4-16-5-6-26(11-18(16)7-14)22-20-9-17(19-10-25-27-12-19)8-15(2)21(20)23-13-24-22/h3-4,7-10,12-13H,5-6,11H2,1-2H3. The first-order chi connectivity index (χ1) is 13.2. The Balaban J connectivity index is 1.63. The average Bonchev–Trinajstić information content (AvgIpc) is 3.22. The molecular formula is C22H20N4O. The fraction of sp³-hybridized carbons (Fsp3) is 0.227. The molecule has 5 heteroatoms. The van der Waals surface area contributed by atoms with E-state index in [9.17, 15) is 0 Å². The number of aromatic nitrogens is 3. The molecule has 0 saturated carbocycles. The van der Waals surface area contributed by atoms with Gasteiger partial charge in [0.25, 0.3) is 0 Å². The molecule has 134 valence electrons. The van der Waals surface area contributed by atoms with Crippen LogP contribution in [0.2, 0.25) is 0 Å². The summed E-state index contributed by atoms with van der Waals surface area (Å²) >= 11 is 0. The van der Waals surface area contributed by atoms with Crippen molar-refractivity contribution < 1.29 is 4.52 Å². The lowest BCUT2D eigenvalue weighted by Crippen LogP contribution is -2.31. The van der Waals surface area contributed by atoms with E-state index in [1.54, 1.807) is 18.8 Å². The molecule has 1 aliphatic rings. The molecule has 0 spiro atoms. The summed E-state index contributed by atoms with van der Waals surface area (Å²) in [7, 11) is 0. The number of aryl methyl sites for hydroxylation is 2. The maximum absolute atomic E-state index is 5.03. The largest absolute Gasteiger partial charge is 0.364 e. The highest BCUT2D eigenvalue weighted by Crippen LogP contribution is 2.33. The molecule has 0 fully saturated rings. The zero-order valence-corrected chi connectivity index (χ0v) is 15.4. The third-order valence-corrected chi connectivity index (χ3v) is 5.35. The van der Waals surface area contributed by atoms with Crippen LogP contribution < -0.4 is 4.90 Å². The second kappa shape index (κ2) is 6.20. The van der Waals surface area contributed by atoms with Gasteiger partial charge in [-0.3, -0.25) is 0 Å². The molecule has 5 rings (SSSR count). The molecule has 0 saturated heterocycles. The summed E-state index contributed by atoms with van der Waals surface area (Å²) in [4.78, 5) is 11.6. The molecule has 0 radical (unpaired) electrons. The average molecular weight is 356 g/mol. The van der Waals surface area contributed by atoms with Crippen LogP contribution in [-0.2, 0) is 13.0 Å². The number of rotatable bonds is 2. The summed E-state index contributed by atoms with van der Waals surface area (Å²) in [5, 5.41) is 4.91. The number of hydrogen-bond donors (Lipinski definition) is 0. The highest BCUT2D eigenvalue weighted by molar-refractivity contribution is 5.95. The number of nitrogens with zero attached hydrogens (tertiary/aromatic N) is 4. The van der Waals surface area contributed by atoms with Crippen molar-refractivity contribution in [1.29, 1.82) is 0 Å². The first-order valence-corrected chi connectivity index (χ1v) is 9.17. The van der Waals surface area contributed by atoms with Crippen molar-refractivity contribution in [2.45, 2.75) is 26.8 Å². The molecule has 0 amide bonds. The van der Waals surface area contributed by atoms with Gasteiger partial charge in [-0.05, 0) is 54.7 Å². The third-order valence-electron chi connectivity index (χ3n) is 5.35. The molecule has 0 N–H and O–H groups in total. The fourth-order valence-corrected chi connectivity index (χ4v) is 3.96. The van der Waals surface area contributed by atoms with Gasteiger partial charge in [0.2, 0.25) is 0 Å². The van der Waals surface area contributed by atoms with Crippen molar-refractivity contribution in [2.24, 2.45) is 0 Å². The second-order valence-electron chi connectivity index (χ2n) is 7.24. The topological polar surface area (TPSA) is 55.1 Å². The Morgan fingerprint density at radius 3 is 2.78 bits per heavy atom. The quantitative estimate of drug-likeness (QED) is 0.531. The van der Waals surface area contributed by atoms with E-state index >= 15 is 0 Å². The highest BCUT2D eigenvalue weighted by Gasteiger charge is 2.20. The van der Waals surface area contributed by atoms with Crippen molar-refractivity contribution in [3.8, 4) is 11.1 Å². The zero-order chi connectivity index (χ0) is 18.4. The maximum atomic E-state index is 5.03. The minimum absolute atomic E-state index is 0.875. The lowest BCUT2D eigenvalue weighted by Gasteiger charge is -2.31. The predicted octanol–water partition coefficient (Wildman–Crippen LogP) is 4.46. The third kappa shape index (κ3) is 2.76. The predicted molar refractivity (Wildman–Crippen MR) is 106 cm³/mol. The van der Waals surface area contributed by atoms with Gasteiger partial charge in [0.15, 0.2) is 0 Å². The van der Waals surface area contributed by atoms with E-state index in [1.807, 2.05) is 0 Å². The van der Waals surface area contributed by atoms with Gasteiger partial charge >= 0.3 is 0 Å². The van der Waals surface area contributed by atoms with Crippen LogP contribution in [0.4, 0.5) is 5.82 Å². The molecular weight excluding hydrogens is 336 g/mol. The Kier molecular flexibility index (Phi) is 3.67. The molecule has 1 aliphatic heterocycles. The normalized spacial score (nSPS) is 13.8. The Hall–Kier alpha value is -3.21. The summed E-state index contributed by atoms with van der Waals surface area (Å²) in [5.41, 5.74) is 8.29. The van der Waals surface area contributed by atoms with Crippen LogP contribution in [0.1, 0.15) is 22.3 Å². The monoisotopic (exact) mass is 356 g/mol. The van der Waals surface area contributed by atoms with Crippen LogP contribution in [0.3, 0.4) is 0 Å². The van der Waals surface area contributed by atoms with Gasteiger partial charge in [0, 0.05) is 24.0 Å². The van der Waals surface area contributed by atoms with Gasteiger partial charge in [-0.2, -0.15) is 0 Å². The summed E-state index contributed by atoms with van der Waals surface area (Å²) in [5.74, 6) is 0.994. The molecule has 2 aromatic heterocycles. The van der Waals surface area contributed by atoms with Crippen LogP contribution in [0.25, 0.3) is 22.0 Å². The number of hydrogen-bond acceptors (Lipinski definition) is 5. The molecule has 2 aromatic carbocycles. The molecule has 4 aromatic rings. The Bertz CT molecular complexity index is 1130. The molecule has 0 aliphatic carbocycles. The van der Waals surface area contributed by atoms with Crippen molar-refractivity contribution in [3.05, 3.63) is 71.4 Å². The first kappa shape index (κ1) is 16.0. The van der Waals surface area contributed by atoms with E-state index in [0.29, 0.717) is 0 Å². The Labute approximate surface area is 157 Å². The SMILES string of the molecule is Cc1ccc2c(c1)CN(c1ncnc3c(C)cc(-c4cnoc4)cc13)CC2. The summed E-state index contributed by atoms with van der Waals surface area (Å²) in [6, 6.07) is 11.0. The van der Waals surface area contributed by atoms with Crippen LogP contribution in [0, 0.1) is 13.8 Å². The van der Waals surface area contributed by atoms with Gasteiger partial charge in [-0.1, -0.05) is 28.9 Å².